The van der Waals surface area contributed by atoms with Crippen LogP contribution in [0, 0.1) is 3.57 Å². The number of ether oxygens (including phenoxy) is 3. The summed E-state index contributed by atoms with van der Waals surface area (Å²) < 4.78 is 17.7. The topological polar surface area (TPSA) is 68.2 Å². The van der Waals surface area contributed by atoms with Gasteiger partial charge in [-0.2, -0.15) is 0 Å². The molecule has 172 valence electrons. The highest BCUT2D eigenvalue weighted by Gasteiger charge is 2.24. The Morgan fingerprint density at radius 3 is 2.10 bits per heavy atom. The molecule has 0 bridgehead atoms. The van der Waals surface area contributed by atoms with Crippen LogP contribution < -0.4 is 9.47 Å². The first-order chi connectivity index (χ1) is 14.6. The Bertz CT molecular complexity index is 810. The quantitative estimate of drug-likeness (QED) is 0.288. The zero-order valence-electron chi connectivity index (χ0n) is 18.5. The first kappa shape index (κ1) is 26.2. The standard InChI is InChI=1S/C24H32ClIO5/c1-16(2)29-14-20(28)15-30-21-8-5-17(6-9-21)24(3,4)18-7-10-23(22(26)11-18)31-13-19(27)12-25/h5-11,16,19-20,27-28H,12-15H2,1-4H3/t19-,20-/m1/s1. The summed E-state index contributed by atoms with van der Waals surface area (Å²) in [6.45, 7) is 8.81. The van der Waals surface area contributed by atoms with Gasteiger partial charge in [0.2, 0.25) is 0 Å². The summed E-state index contributed by atoms with van der Waals surface area (Å²) in [5, 5.41) is 19.5. The van der Waals surface area contributed by atoms with Crippen LogP contribution in [0.1, 0.15) is 38.8 Å². The van der Waals surface area contributed by atoms with E-state index in [4.69, 9.17) is 25.8 Å². The molecular formula is C24H32ClIO5. The molecule has 31 heavy (non-hydrogen) atoms. The lowest BCUT2D eigenvalue weighted by atomic mass is 9.78. The molecule has 0 amide bonds. The lowest BCUT2D eigenvalue weighted by Crippen LogP contribution is -2.25. The third-order valence-corrected chi connectivity index (χ3v) is 6.10. The van der Waals surface area contributed by atoms with E-state index in [2.05, 4.69) is 42.5 Å². The Morgan fingerprint density at radius 2 is 1.52 bits per heavy atom. The minimum Gasteiger partial charge on any atom is -0.491 e. The molecule has 7 heteroatoms. The summed E-state index contributed by atoms with van der Waals surface area (Å²) in [4.78, 5) is 0. The third-order valence-electron chi connectivity index (χ3n) is 4.90. The van der Waals surface area contributed by atoms with Crippen molar-refractivity contribution in [3.05, 3.63) is 57.2 Å². The largest absolute Gasteiger partial charge is 0.491 e. The number of hydrogen-bond acceptors (Lipinski definition) is 5. The minimum atomic E-state index is -0.682. The first-order valence-electron chi connectivity index (χ1n) is 10.3. The summed E-state index contributed by atoms with van der Waals surface area (Å²) in [6.07, 6.45) is -1.26. The SMILES string of the molecule is CC(C)OC[C@@H](O)COc1ccc(C(C)(C)c2ccc(OC[C@H](O)CCl)c(I)c2)cc1. The van der Waals surface area contributed by atoms with E-state index in [1.807, 2.05) is 50.2 Å². The Balaban J connectivity index is 2.02. The van der Waals surface area contributed by atoms with Gasteiger partial charge in [-0.3, -0.25) is 0 Å². The van der Waals surface area contributed by atoms with Crippen LogP contribution in [0.2, 0.25) is 0 Å². The van der Waals surface area contributed by atoms with Crippen LogP contribution in [0.25, 0.3) is 0 Å². The molecular weight excluding hydrogens is 531 g/mol. The van der Waals surface area contributed by atoms with Gasteiger partial charge in [0, 0.05) is 5.41 Å². The summed E-state index contributed by atoms with van der Waals surface area (Å²) in [7, 11) is 0. The molecule has 0 aromatic heterocycles. The predicted octanol–water partition coefficient (Wildman–Crippen LogP) is 4.76. The molecule has 0 spiro atoms. The Labute approximate surface area is 203 Å². The predicted molar refractivity (Wildman–Crippen MR) is 133 cm³/mol. The number of hydrogen-bond donors (Lipinski definition) is 2. The zero-order valence-corrected chi connectivity index (χ0v) is 21.4. The smallest absolute Gasteiger partial charge is 0.132 e. The van der Waals surface area contributed by atoms with Gasteiger partial charge in [-0.1, -0.05) is 32.0 Å². The van der Waals surface area contributed by atoms with Crippen LogP contribution >= 0.6 is 34.2 Å². The van der Waals surface area contributed by atoms with E-state index in [1.165, 1.54) is 0 Å². The molecule has 2 aromatic carbocycles. The van der Waals surface area contributed by atoms with Crippen molar-refractivity contribution < 1.29 is 24.4 Å². The van der Waals surface area contributed by atoms with Crippen LogP contribution in [0.3, 0.4) is 0 Å². The molecule has 2 atom stereocenters. The average molecular weight is 563 g/mol. The van der Waals surface area contributed by atoms with Gasteiger partial charge in [-0.15, -0.1) is 11.6 Å². The number of aliphatic hydroxyl groups excluding tert-OH is 2. The van der Waals surface area contributed by atoms with Crippen molar-refractivity contribution in [3.8, 4) is 11.5 Å². The number of rotatable bonds is 12. The number of benzene rings is 2. The number of halogens is 2. The van der Waals surface area contributed by atoms with Crippen molar-refractivity contribution in [2.24, 2.45) is 0 Å². The van der Waals surface area contributed by atoms with Gasteiger partial charge in [0.15, 0.2) is 0 Å². The minimum absolute atomic E-state index is 0.0806. The Morgan fingerprint density at radius 1 is 0.903 bits per heavy atom. The molecule has 0 saturated carbocycles. The zero-order chi connectivity index (χ0) is 23.0. The lowest BCUT2D eigenvalue weighted by Gasteiger charge is -2.27. The summed E-state index contributed by atoms with van der Waals surface area (Å²) in [5.41, 5.74) is 2.07. The fourth-order valence-electron chi connectivity index (χ4n) is 2.92. The highest BCUT2D eigenvalue weighted by molar-refractivity contribution is 14.1. The van der Waals surface area contributed by atoms with Gasteiger partial charge in [-0.25, -0.2) is 0 Å². The van der Waals surface area contributed by atoms with Crippen molar-refractivity contribution >= 4 is 34.2 Å². The van der Waals surface area contributed by atoms with Crippen LogP contribution in [0.5, 0.6) is 11.5 Å². The maximum atomic E-state index is 9.94. The van der Waals surface area contributed by atoms with Crippen molar-refractivity contribution in [1.29, 1.82) is 0 Å². The van der Waals surface area contributed by atoms with Gasteiger partial charge in [0.05, 0.1) is 22.2 Å². The molecule has 2 N–H and O–H groups in total. The average Bonchev–Trinajstić information content (AvgIpc) is 2.75. The third kappa shape index (κ3) is 8.09. The van der Waals surface area contributed by atoms with Gasteiger partial charge >= 0.3 is 0 Å². The van der Waals surface area contributed by atoms with Crippen LogP contribution in [0.15, 0.2) is 42.5 Å². The van der Waals surface area contributed by atoms with Crippen molar-refractivity contribution in [3.63, 3.8) is 0 Å². The van der Waals surface area contributed by atoms with E-state index >= 15 is 0 Å². The van der Waals surface area contributed by atoms with Crippen molar-refractivity contribution in [2.45, 2.75) is 51.4 Å². The molecule has 0 unspecified atom stereocenters. The van der Waals surface area contributed by atoms with Crippen LogP contribution in [0.4, 0.5) is 0 Å². The van der Waals surface area contributed by atoms with Crippen LogP contribution in [-0.2, 0) is 10.2 Å². The van der Waals surface area contributed by atoms with E-state index in [-0.39, 0.29) is 37.2 Å². The molecule has 0 fully saturated rings. The molecule has 0 aliphatic rings. The lowest BCUT2D eigenvalue weighted by molar-refractivity contribution is -0.0122. The highest BCUT2D eigenvalue weighted by Crippen LogP contribution is 2.35. The van der Waals surface area contributed by atoms with E-state index in [1.54, 1.807) is 0 Å². The molecule has 0 aliphatic heterocycles. The summed E-state index contributed by atoms with van der Waals surface area (Å²) >= 11 is 7.87. The number of alkyl halides is 1. The highest BCUT2D eigenvalue weighted by atomic mass is 127. The normalized spacial score (nSPS) is 13.8. The van der Waals surface area contributed by atoms with Gasteiger partial charge < -0.3 is 24.4 Å². The van der Waals surface area contributed by atoms with Gasteiger partial charge in [0.25, 0.3) is 0 Å². The second kappa shape index (κ2) is 12.3. The van der Waals surface area contributed by atoms with Gasteiger partial charge in [-0.05, 0) is 71.8 Å². The second-order valence-corrected chi connectivity index (χ2v) is 9.73. The van der Waals surface area contributed by atoms with E-state index in [0.717, 1.165) is 20.4 Å². The van der Waals surface area contributed by atoms with Crippen molar-refractivity contribution in [1.82, 2.24) is 0 Å². The van der Waals surface area contributed by atoms with E-state index in [0.29, 0.717) is 5.75 Å². The van der Waals surface area contributed by atoms with Crippen molar-refractivity contribution in [2.75, 3.05) is 25.7 Å². The monoisotopic (exact) mass is 562 g/mol. The number of aliphatic hydroxyl groups is 2. The van der Waals surface area contributed by atoms with E-state index < -0.39 is 12.2 Å². The van der Waals surface area contributed by atoms with Crippen LogP contribution in [-0.4, -0.2) is 54.2 Å². The fourth-order valence-corrected chi connectivity index (χ4v) is 3.68. The first-order valence-corrected chi connectivity index (χ1v) is 11.9. The summed E-state index contributed by atoms with van der Waals surface area (Å²) in [6, 6.07) is 14.0. The maximum Gasteiger partial charge on any atom is 0.132 e. The molecule has 0 heterocycles. The van der Waals surface area contributed by atoms with Gasteiger partial charge in [0.1, 0.15) is 36.9 Å². The second-order valence-electron chi connectivity index (χ2n) is 8.26. The molecule has 0 radical (unpaired) electrons. The Hall–Kier alpha value is -1.06. The molecule has 2 rings (SSSR count). The molecule has 0 saturated heterocycles. The fraction of sp³-hybridized carbons (Fsp3) is 0.500. The molecule has 0 aliphatic carbocycles. The molecule has 5 nitrogen and oxygen atoms in total. The van der Waals surface area contributed by atoms with E-state index in [9.17, 15) is 10.2 Å². The summed E-state index contributed by atoms with van der Waals surface area (Å²) in [5.74, 6) is 1.58. The Kier molecular flexibility index (Phi) is 10.4. The maximum absolute atomic E-state index is 9.94. The molecule has 2 aromatic rings.